The van der Waals surface area contributed by atoms with Gasteiger partial charge in [0.1, 0.15) is 79.0 Å². The van der Waals surface area contributed by atoms with Gasteiger partial charge in [-0.2, -0.15) is 0 Å². The van der Waals surface area contributed by atoms with E-state index >= 15 is 0 Å². The summed E-state index contributed by atoms with van der Waals surface area (Å²) in [6.45, 7) is 3.98. The Kier molecular flexibility index (Phi) is 18.3. The van der Waals surface area contributed by atoms with Crippen molar-refractivity contribution >= 4 is 47.4 Å². The van der Waals surface area contributed by atoms with Crippen molar-refractivity contribution in [1.82, 2.24) is 26.6 Å². The lowest BCUT2D eigenvalue weighted by molar-refractivity contribution is -0.313. The van der Waals surface area contributed by atoms with Gasteiger partial charge in [-0.1, -0.05) is 0 Å². The number of hydrogen-bond donors (Lipinski definition) is 12. The summed E-state index contributed by atoms with van der Waals surface area (Å²) in [7, 11) is 0. The zero-order valence-corrected chi connectivity index (χ0v) is 32.7. The smallest absolute Gasteiger partial charge is 0.326 e. The zero-order valence-electron chi connectivity index (χ0n) is 32.7. The number of carboxylic acids is 3. The van der Waals surface area contributed by atoms with Crippen LogP contribution in [0.15, 0.2) is 0 Å². The molecule has 2 bridgehead atoms. The monoisotopic (exact) mass is 850 g/mol. The number of carbonyl (C=O) groups excluding carboxylic acids is 5. The van der Waals surface area contributed by atoms with Crippen LogP contribution in [0, 0.1) is 0 Å². The average Bonchev–Trinajstić information content (AvgIpc) is 3.60. The second-order valence-corrected chi connectivity index (χ2v) is 14.4. The molecule has 3 saturated heterocycles. The van der Waals surface area contributed by atoms with E-state index in [2.05, 4.69) is 26.6 Å². The molecular formula is C34H54N6O19. The lowest BCUT2D eigenvalue weighted by Crippen LogP contribution is -2.68. The largest absolute Gasteiger partial charge is 0.481 e. The quantitative estimate of drug-likeness (QED) is 0.0483. The highest BCUT2D eigenvalue weighted by atomic mass is 16.8. The van der Waals surface area contributed by atoms with Crippen LogP contribution in [-0.4, -0.2) is 183 Å². The highest BCUT2D eigenvalue weighted by Gasteiger charge is 2.56. The number of aliphatic hydroxyl groups excluding tert-OH is 3. The van der Waals surface area contributed by atoms with Gasteiger partial charge < -0.3 is 86.6 Å². The molecule has 0 radical (unpaired) electrons. The van der Waals surface area contributed by atoms with Crippen molar-refractivity contribution in [2.45, 2.75) is 151 Å². The summed E-state index contributed by atoms with van der Waals surface area (Å²) in [5.41, 5.74) is 5.45. The number of rotatable bonds is 22. The Hall–Kier alpha value is -4.60. The number of nitrogens with one attached hydrogen (secondary N) is 5. The molecule has 3 fully saturated rings. The van der Waals surface area contributed by atoms with Crippen LogP contribution in [0.2, 0.25) is 0 Å². The summed E-state index contributed by atoms with van der Waals surface area (Å²) < 4.78 is 29.6. The highest BCUT2D eigenvalue weighted by molar-refractivity contribution is 5.94. The Labute approximate surface area is 336 Å². The van der Waals surface area contributed by atoms with Gasteiger partial charge in [-0.05, 0) is 39.5 Å². The topological polar surface area (TPSA) is 390 Å². The van der Waals surface area contributed by atoms with Crippen LogP contribution in [0.3, 0.4) is 0 Å². The first-order chi connectivity index (χ1) is 27.6. The summed E-state index contributed by atoms with van der Waals surface area (Å²) in [5, 5.41) is 70.8. The second-order valence-electron chi connectivity index (χ2n) is 14.4. The molecule has 0 unspecified atom stereocenters. The van der Waals surface area contributed by atoms with E-state index < -0.39 is 158 Å². The molecule has 0 spiro atoms. The first-order valence-electron chi connectivity index (χ1n) is 18.7. The van der Waals surface area contributed by atoms with Crippen molar-refractivity contribution in [3.8, 4) is 0 Å². The fraction of sp³-hybridized carbons (Fsp3) is 0.765. The van der Waals surface area contributed by atoms with Crippen molar-refractivity contribution < 1.29 is 92.7 Å². The third-order valence-corrected chi connectivity index (χ3v) is 9.69. The van der Waals surface area contributed by atoms with E-state index in [4.69, 9.17) is 34.5 Å². The van der Waals surface area contributed by atoms with E-state index in [1.807, 2.05) is 0 Å². The van der Waals surface area contributed by atoms with Crippen LogP contribution >= 0.6 is 0 Å². The van der Waals surface area contributed by atoms with Crippen LogP contribution in [0.5, 0.6) is 0 Å². The minimum absolute atomic E-state index is 0.00969. The number of carboxylic acid groups (broad SMARTS) is 3. The van der Waals surface area contributed by atoms with Crippen LogP contribution in [0.25, 0.3) is 0 Å². The molecule has 5 amide bonds. The highest BCUT2D eigenvalue weighted by Crippen LogP contribution is 2.35. The molecule has 59 heavy (non-hydrogen) atoms. The number of amides is 5. The van der Waals surface area contributed by atoms with Gasteiger partial charge >= 0.3 is 17.9 Å². The van der Waals surface area contributed by atoms with E-state index in [1.165, 1.54) is 20.8 Å². The van der Waals surface area contributed by atoms with Crippen molar-refractivity contribution in [2.75, 3.05) is 13.2 Å². The van der Waals surface area contributed by atoms with Crippen LogP contribution in [-0.2, 0) is 62.0 Å². The maximum atomic E-state index is 13.5. The number of carbonyl (C=O) groups is 8. The standard InChI is InChI=1S/C34H54N6O19/c1-12(28(48)39-17(8-9-21(44)45)30(50)40-18(32(53)54)7-5-6-16(35)31(51)52)36-29(49)13(2)56-27-23(38-15(4)43)33-55-11-20(58-33)26(27)59-34-22(37-14(3)42)25(47)24(46)19(10-41)57-34/h12-13,16-20,22-27,33-34,41,46-47H,5-11,35H2,1-4H3,(H,36,49)(H,37,42)(H,38,43)(H,39,48)(H,40,50)(H,44,45)(H,51,52)(H,53,54)/t12-,13+,16+,17+,18-,19+,20+,22+,23+,24+,25+,26+,27+,33+,34-/m0/s1. The summed E-state index contributed by atoms with van der Waals surface area (Å²) in [6.07, 6.45) is -13.7. The van der Waals surface area contributed by atoms with Crippen LogP contribution < -0.4 is 32.3 Å². The summed E-state index contributed by atoms with van der Waals surface area (Å²) in [5.74, 6) is -8.28. The minimum Gasteiger partial charge on any atom is -0.481 e. The molecule has 0 aromatic heterocycles. The summed E-state index contributed by atoms with van der Waals surface area (Å²) in [4.78, 5) is 98.3. The Morgan fingerprint density at radius 3 is 1.97 bits per heavy atom. The van der Waals surface area contributed by atoms with Crippen molar-refractivity contribution in [3.63, 3.8) is 0 Å². The minimum atomic E-state index is -1.68. The van der Waals surface area contributed by atoms with Gasteiger partial charge in [0.2, 0.25) is 29.5 Å². The van der Waals surface area contributed by atoms with E-state index in [0.29, 0.717) is 0 Å². The molecule has 25 heteroatoms. The molecule has 3 heterocycles. The maximum absolute atomic E-state index is 13.5. The average molecular weight is 851 g/mol. The van der Waals surface area contributed by atoms with Crippen LogP contribution in [0.4, 0.5) is 0 Å². The summed E-state index contributed by atoms with van der Waals surface area (Å²) in [6, 6.07) is -8.34. The molecular weight excluding hydrogens is 796 g/mol. The van der Waals surface area contributed by atoms with Crippen molar-refractivity contribution in [1.29, 1.82) is 0 Å². The fourth-order valence-corrected chi connectivity index (χ4v) is 6.55. The van der Waals surface area contributed by atoms with E-state index in [0.717, 1.165) is 6.92 Å². The third kappa shape index (κ3) is 13.7. The van der Waals surface area contributed by atoms with Crippen molar-refractivity contribution in [2.24, 2.45) is 5.73 Å². The first-order valence-corrected chi connectivity index (χ1v) is 18.7. The molecule has 13 N–H and O–H groups in total. The first kappa shape index (κ1) is 48.8. The molecule has 15 atom stereocenters. The molecule has 3 aliphatic heterocycles. The summed E-state index contributed by atoms with van der Waals surface area (Å²) >= 11 is 0. The van der Waals surface area contributed by atoms with Gasteiger partial charge in [0.25, 0.3) is 0 Å². The predicted octanol–water partition coefficient (Wildman–Crippen LogP) is -5.65. The lowest BCUT2D eigenvalue weighted by Gasteiger charge is -2.47. The normalized spacial score (nSPS) is 30.0. The molecule has 0 aromatic carbocycles. The van der Waals surface area contributed by atoms with Gasteiger partial charge in [0, 0.05) is 20.3 Å². The molecule has 334 valence electrons. The predicted molar refractivity (Wildman–Crippen MR) is 192 cm³/mol. The van der Waals surface area contributed by atoms with Gasteiger partial charge in [0.15, 0.2) is 12.6 Å². The van der Waals surface area contributed by atoms with Gasteiger partial charge in [-0.15, -0.1) is 0 Å². The zero-order chi connectivity index (χ0) is 44.3. The Morgan fingerprint density at radius 1 is 0.763 bits per heavy atom. The molecule has 3 aliphatic rings. The van der Waals surface area contributed by atoms with Gasteiger partial charge in [0.05, 0.1) is 13.2 Å². The molecule has 0 aliphatic carbocycles. The van der Waals surface area contributed by atoms with E-state index in [9.17, 15) is 63.9 Å². The molecule has 0 saturated carbocycles. The van der Waals surface area contributed by atoms with E-state index in [1.54, 1.807) is 0 Å². The second kappa shape index (κ2) is 22.1. The SMILES string of the molecule is CC(=O)N[C@H]1[C@H](O[C@H]2[C@H](O[C@H](C)C(=O)N[C@@H](C)C(=O)N[C@H](CCC(=O)O)C(=O)N[C@@H](CCC[C@@H](N)C(=O)O)C(=O)O)[C@@H](NC(C)=O)[C@@H]3OC[C@H]2O3)O[C@H](CO)[C@@H](O)[C@@H]1O. The Bertz CT molecular complexity index is 1540. The van der Waals surface area contributed by atoms with Crippen molar-refractivity contribution in [3.05, 3.63) is 0 Å². The van der Waals surface area contributed by atoms with Gasteiger partial charge in [-0.25, -0.2) is 4.79 Å². The molecule has 25 nitrogen and oxygen atoms in total. The van der Waals surface area contributed by atoms with Crippen LogP contribution in [0.1, 0.15) is 59.8 Å². The Morgan fingerprint density at radius 2 is 1.39 bits per heavy atom. The number of nitrogens with two attached hydrogens (primary N) is 1. The maximum Gasteiger partial charge on any atom is 0.326 e. The number of hydrogen-bond acceptors (Lipinski definition) is 17. The van der Waals surface area contributed by atoms with Gasteiger partial charge in [-0.3, -0.25) is 33.6 Å². The fourth-order valence-electron chi connectivity index (χ4n) is 6.55. The number of ether oxygens (including phenoxy) is 5. The van der Waals surface area contributed by atoms with E-state index in [-0.39, 0.29) is 25.9 Å². The Balaban J connectivity index is 1.76. The number of aliphatic carboxylic acids is 3. The lowest BCUT2D eigenvalue weighted by atomic mass is 9.95. The third-order valence-electron chi connectivity index (χ3n) is 9.69. The number of fused-ring (bicyclic) bond motifs is 2. The number of aliphatic hydroxyl groups is 3. The molecule has 0 aromatic rings. The molecule has 3 rings (SSSR count).